The molecule has 0 saturated carbocycles. The molecule has 2 rings (SSSR count). The maximum atomic E-state index is 5.69. The van der Waals surface area contributed by atoms with Crippen molar-refractivity contribution < 1.29 is 18.3 Å². The van der Waals surface area contributed by atoms with E-state index in [0.29, 0.717) is 13.2 Å². The molecule has 0 fully saturated rings. The van der Waals surface area contributed by atoms with E-state index >= 15 is 0 Å². The van der Waals surface area contributed by atoms with Crippen LogP contribution in [0.4, 0.5) is 0 Å². The Hall–Kier alpha value is -1.29. The van der Waals surface area contributed by atoms with Crippen molar-refractivity contribution in [3.8, 4) is 0 Å². The largest absolute Gasteiger partial charge is 0.358 e. The number of rotatable bonds is 9. The number of hydrogen-bond donors (Lipinski definition) is 0. The van der Waals surface area contributed by atoms with Crippen LogP contribution in [0.1, 0.15) is 11.1 Å². The van der Waals surface area contributed by atoms with Crippen LogP contribution in [0.3, 0.4) is 0 Å². The monoisotopic (exact) mass is 306 g/mol. The van der Waals surface area contributed by atoms with Gasteiger partial charge in [-0.15, -0.1) is 0 Å². The van der Waals surface area contributed by atoms with Gasteiger partial charge >= 0.3 is 8.60 Å². The summed E-state index contributed by atoms with van der Waals surface area (Å²) < 4.78 is 21.7. The fourth-order valence-electron chi connectivity index (χ4n) is 1.61. The van der Waals surface area contributed by atoms with Gasteiger partial charge < -0.3 is 13.8 Å². The van der Waals surface area contributed by atoms with E-state index in [1.54, 1.807) is 7.11 Å². The minimum absolute atomic E-state index is 0.148. The molecule has 0 heterocycles. The van der Waals surface area contributed by atoms with Crippen LogP contribution in [-0.4, -0.2) is 13.9 Å². The smallest absolute Gasteiger partial charge is 0.335 e. The number of methoxy groups -OCH3 is 1. The third-order valence-corrected chi connectivity index (χ3v) is 3.63. The standard InChI is InChI=1S/C16H19O4P/c1-17-14-20-21(18-12-15-8-4-2-5-9-15)19-13-16-10-6-3-7-11-16/h2-11H,12-14H2,1H3. The van der Waals surface area contributed by atoms with E-state index < -0.39 is 8.60 Å². The van der Waals surface area contributed by atoms with Crippen molar-refractivity contribution in [3.05, 3.63) is 71.8 Å². The normalized spacial score (nSPS) is 11.0. The molecule has 0 atom stereocenters. The fraction of sp³-hybridized carbons (Fsp3) is 0.250. The van der Waals surface area contributed by atoms with E-state index in [9.17, 15) is 0 Å². The number of ether oxygens (including phenoxy) is 1. The summed E-state index contributed by atoms with van der Waals surface area (Å²) in [6.45, 7) is 1.05. The van der Waals surface area contributed by atoms with Crippen molar-refractivity contribution in [2.45, 2.75) is 13.2 Å². The first-order valence-corrected chi connectivity index (χ1v) is 7.73. The summed E-state index contributed by atoms with van der Waals surface area (Å²) in [6.07, 6.45) is 0. The van der Waals surface area contributed by atoms with E-state index in [-0.39, 0.29) is 6.79 Å². The molecule has 0 saturated heterocycles. The lowest BCUT2D eigenvalue weighted by Crippen LogP contribution is -1.99. The van der Waals surface area contributed by atoms with Crippen LogP contribution < -0.4 is 0 Å². The second-order valence-corrected chi connectivity index (χ2v) is 5.50. The van der Waals surface area contributed by atoms with E-state index in [0.717, 1.165) is 11.1 Å². The Morgan fingerprint density at radius 3 is 1.62 bits per heavy atom. The van der Waals surface area contributed by atoms with Crippen LogP contribution in [0.15, 0.2) is 60.7 Å². The highest BCUT2D eigenvalue weighted by Crippen LogP contribution is 2.41. The molecule has 2 aromatic rings. The van der Waals surface area contributed by atoms with Crippen molar-refractivity contribution in [1.82, 2.24) is 0 Å². The van der Waals surface area contributed by atoms with Crippen LogP contribution in [-0.2, 0) is 31.5 Å². The van der Waals surface area contributed by atoms with Gasteiger partial charge in [0.1, 0.15) is 0 Å². The highest BCUT2D eigenvalue weighted by Gasteiger charge is 2.13. The summed E-state index contributed by atoms with van der Waals surface area (Å²) in [5.74, 6) is 0. The van der Waals surface area contributed by atoms with Crippen molar-refractivity contribution >= 4 is 8.60 Å². The van der Waals surface area contributed by atoms with Gasteiger partial charge in [-0.1, -0.05) is 60.7 Å². The molecule has 0 bridgehead atoms. The average Bonchev–Trinajstić information content (AvgIpc) is 2.56. The Balaban J connectivity index is 1.82. The molecule has 21 heavy (non-hydrogen) atoms. The van der Waals surface area contributed by atoms with Gasteiger partial charge in [0.25, 0.3) is 0 Å². The highest BCUT2D eigenvalue weighted by molar-refractivity contribution is 7.41. The average molecular weight is 306 g/mol. The molecular weight excluding hydrogens is 287 g/mol. The molecule has 0 unspecified atom stereocenters. The van der Waals surface area contributed by atoms with Crippen molar-refractivity contribution in [1.29, 1.82) is 0 Å². The first kappa shape index (κ1) is 16.1. The zero-order chi connectivity index (χ0) is 14.8. The van der Waals surface area contributed by atoms with Gasteiger partial charge in [-0.05, 0) is 11.1 Å². The minimum Gasteiger partial charge on any atom is -0.358 e. The maximum Gasteiger partial charge on any atom is 0.335 e. The summed E-state index contributed by atoms with van der Waals surface area (Å²) in [5, 5.41) is 0. The lowest BCUT2D eigenvalue weighted by molar-refractivity contribution is 0.0254. The van der Waals surface area contributed by atoms with E-state index in [1.807, 2.05) is 60.7 Å². The summed E-state index contributed by atoms with van der Waals surface area (Å²) >= 11 is 0. The van der Waals surface area contributed by atoms with Crippen LogP contribution >= 0.6 is 8.60 Å². The Bertz CT molecular complexity index is 449. The van der Waals surface area contributed by atoms with Crippen LogP contribution in [0.2, 0.25) is 0 Å². The maximum absolute atomic E-state index is 5.69. The molecule has 0 spiro atoms. The van der Waals surface area contributed by atoms with Crippen LogP contribution in [0.25, 0.3) is 0 Å². The quantitative estimate of drug-likeness (QED) is 0.512. The van der Waals surface area contributed by atoms with Crippen molar-refractivity contribution in [3.63, 3.8) is 0 Å². The predicted molar refractivity (Wildman–Crippen MR) is 82.3 cm³/mol. The van der Waals surface area contributed by atoms with E-state index in [1.165, 1.54) is 0 Å². The molecule has 0 aromatic heterocycles. The van der Waals surface area contributed by atoms with Gasteiger partial charge in [0.2, 0.25) is 0 Å². The zero-order valence-electron chi connectivity index (χ0n) is 12.0. The lowest BCUT2D eigenvalue weighted by Gasteiger charge is -2.16. The molecule has 0 radical (unpaired) electrons. The van der Waals surface area contributed by atoms with Gasteiger partial charge in [0.15, 0.2) is 6.79 Å². The first-order chi connectivity index (χ1) is 10.4. The molecule has 0 aliphatic heterocycles. The number of hydrogen-bond acceptors (Lipinski definition) is 4. The minimum atomic E-state index is -1.44. The second-order valence-electron chi connectivity index (χ2n) is 4.28. The Kier molecular flexibility index (Phi) is 7.36. The van der Waals surface area contributed by atoms with Gasteiger partial charge in [-0.3, -0.25) is 4.52 Å². The summed E-state index contributed by atoms with van der Waals surface area (Å²) in [6, 6.07) is 19.8. The summed E-state index contributed by atoms with van der Waals surface area (Å²) in [7, 11) is 0.132. The zero-order valence-corrected chi connectivity index (χ0v) is 12.9. The van der Waals surface area contributed by atoms with E-state index in [4.69, 9.17) is 18.3 Å². The van der Waals surface area contributed by atoms with Crippen molar-refractivity contribution in [2.75, 3.05) is 13.9 Å². The molecule has 0 amide bonds. The molecule has 2 aromatic carbocycles. The topological polar surface area (TPSA) is 36.9 Å². The third kappa shape index (κ3) is 6.34. The van der Waals surface area contributed by atoms with E-state index in [2.05, 4.69) is 0 Å². The van der Waals surface area contributed by atoms with Crippen LogP contribution in [0.5, 0.6) is 0 Å². The lowest BCUT2D eigenvalue weighted by atomic mass is 10.2. The molecule has 5 heteroatoms. The molecule has 4 nitrogen and oxygen atoms in total. The Morgan fingerprint density at radius 1 is 0.714 bits per heavy atom. The predicted octanol–water partition coefficient (Wildman–Crippen LogP) is 4.27. The second kappa shape index (κ2) is 9.61. The Labute approximate surface area is 126 Å². The van der Waals surface area contributed by atoms with Crippen molar-refractivity contribution in [2.24, 2.45) is 0 Å². The van der Waals surface area contributed by atoms with Gasteiger partial charge in [-0.2, -0.15) is 0 Å². The summed E-state index contributed by atoms with van der Waals surface area (Å²) in [4.78, 5) is 0. The molecular formula is C16H19O4P. The third-order valence-electron chi connectivity index (χ3n) is 2.63. The molecule has 0 aliphatic rings. The Morgan fingerprint density at radius 2 is 1.19 bits per heavy atom. The fourth-order valence-corrected chi connectivity index (χ4v) is 2.53. The highest BCUT2D eigenvalue weighted by atomic mass is 31.2. The molecule has 112 valence electrons. The first-order valence-electron chi connectivity index (χ1n) is 6.64. The van der Waals surface area contributed by atoms with Gasteiger partial charge in [0.05, 0.1) is 13.2 Å². The van der Waals surface area contributed by atoms with Gasteiger partial charge in [-0.25, -0.2) is 0 Å². The number of benzene rings is 2. The molecule has 0 N–H and O–H groups in total. The molecule has 0 aliphatic carbocycles. The summed E-state index contributed by atoms with van der Waals surface area (Å²) in [5.41, 5.74) is 2.16. The van der Waals surface area contributed by atoms with Crippen LogP contribution in [0, 0.1) is 0 Å². The van der Waals surface area contributed by atoms with Gasteiger partial charge in [0, 0.05) is 7.11 Å². The SMILES string of the molecule is COCOP(OCc1ccccc1)OCc1ccccc1.